The molecule has 0 aliphatic carbocycles. The number of amides is 1. The summed E-state index contributed by atoms with van der Waals surface area (Å²) in [5.41, 5.74) is 5.85. The molecule has 1 aromatic heterocycles. The van der Waals surface area contributed by atoms with Gasteiger partial charge in [0.2, 0.25) is 0 Å². The third-order valence-corrected chi connectivity index (χ3v) is 4.98. The standard InChI is InChI=1S/C22H26N2O2/c1-6-24-20-12-11-17(26-7-2)13-18(20)16(5)21(24)22(25)23-19-10-8-9-14(3)15(19)4/h8-13H,6-7H2,1-5H3,(H,23,25). The normalized spacial score (nSPS) is 11.0. The van der Waals surface area contributed by atoms with E-state index in [1.54, 1.807) is 0 Å². The van der Waals surface area contributed by atoms with Gasteiger partial charge in [-0.15, -0.1) is 0 Å². The van der Waals surface area contributed by atoms with Gasteiger partial charge in [0.25, 0.3) is 5.91 Å². The third kappa shape index (κ3) is 3.07. The van der Waals surface area contributed by atoms with Gasteiger partial charge in [-0.2, -0.15) is 0 Å². The van der Waals surface area contributed by atoms with Crippen molar-refractivity contribution in [3.05, 3.63) is 58.8 Å². The van der Waals surface area contributed by atoms with Gasteiger partial charge in [0.05, 0.1) is 6.61 Å². The van der Waals surface area contributed by atoms with Gasteiger partial charge in [-0.1, -0.05) is 12.1 Å². The molecule has 0 aliphatic rings. The summed E-state index contributed by atoms with van der Waals surface area (Å²) in [6.07, 6.45) is 0. The van der Waals surface area contributed by atoms with Crippen LogP contribution >= 0.6 is 0 Å². The van der Waals surface area contributed by atoms with E-state index >= 15 is 0 Å². The van der Waals surface area contributed by atoms with Crippen molar-refractivity contribution in [2.24, 2.45) is 0 Å². The van der Waals surface area contributed by atoms with Crippen molar-refractivity contribution in [3.63, 3.8) is 0 Å². The first-order valence-corrected chi connectivity index (χ1v) is 9.11. The average Bonchev–Trinajstić information content (AvgIpc) is 2.91. The number of hydrogen-bond acceptors (Lipinski definition) is 2. The molecule has 0 aliphatic heterocycles. The second-order valence-corrected chi connectivity index (χ2v) is 6.53. The lowest BCUT2D eigenvalue weighted by molar-refractivity contribution is 0.101. The van der Waals surface area contributed by atoms with Gasteiger partial charge in [0.1, 0.15) is 11.4 Å². The van der Waals surface area contributed by atoms with Crippen molar-refractivity contribution < 1.29 is 9.53 Å². The highest BCUT2D eigenvalue weighted by Crippen LogP contribution is 2.30. The van der Waals surface area contributed by atoms with Crippen LogP contribution in [0, 0.1) is 20.8 Å². The van der Waals surface area contributed by atoms with E-state index in [4.69, 9.17) is 4.74 Å². The van der Waals surface area contributed by atoms with E-state index in [2.05, 4.69) is 29.8 Å². The SMILES string of the molecule is CCOc1ccc2c(c1)c(C)c(C(=O)Nc1cccc(C)c1C)n2CC. The zero-order valence-corrected chi connectivity index (χ0v) is 16.1. The maximum Gasteiger partial charge on any atom is 0.272 e. The Labute approximate surface area is 154 Å². The highest BCUT2D eigenvalue weighted by molar-refractivity contribution is 6.08. The van der Waals surface area contributed by atoms with Crippen molar-refractivity contribution in [2.45, 2.75) is 41.2 Å². The Kier molecular flexibility index (Phi) is 5.03. The summed E-state index contributed by atoms with van der Waals surface area (Å²) in [5.74, 6) is 0.755. The van der Waals surface area contributed by atoms with E-state index in [9.17, 15) is 4.79 Å². The molecule has 3 aromatic rings. The van der Waals surface area contributed by atoms with E-state index in [0.717, 1.165) is 45.6 Å². The fourth-order valence-electron chi connectivity index (χ4n) is 3.45. The minimum atomic E-state index is -0.0767. The number of rotatable bonds is 5. The number of hydrogen-bond donors (Lipinski definition) is 1. The first-order valence-electron chi connectivity index (χ1n) is 9.11. The zero-order chi connectivity index (χ0) is 18.8. The van der Waals surface area contributed by atoms with E-state index in [1.807, 2.05) is 51.1 Å². The van der Waals surface area contributed by atoms with Crippen LogP contribution in [-0.2, 0) is 6.54 Å². The molecular formula is C22H26N2O2. The van der Waals surface area contributed by atoms with E-state index in [1.165, 1.54) is 0 Å². The number of carbonyl (C=O) groups excluding carboxylic acids is 1. The monoisotopic (exact) mass is 350 g/mol. The Bertz CT molecular complexity index is 970. The zero-order valence-electron chi connectivity index (χ0n) is 16.1. The molecule has 0 bridgehead atoms. The maximum absolute atomic E-state index is 13.1. The second kappa shape index (κ2) is 7.24. The second-order valence-electron chi connectivity index (χ2n) is 6.53. The van der Waals surface area contributed by atoms with Crippen LogP contribution in [0.2, 0.25) is 0 Å². The van der Waals surface area contributed by atoms with Gasteiger partial charge in [-0.05, 0) is 75.6 Å². The van der Waals surface area contributed by atoms with Gasteiger partial charge in [0.15, 0.2) is 0 Å². The first-order chi connectivity index (χ1) is 12.5. The molecule has 0 saturated carbocycles. The van der Waals surface area contributed by atoms with Crippen molar-refractivity contribution in [3.8, 4) is 5.75 Å². The third-order valence-electron chi connectivity index (χ3n) is 4.98. The molecule has 0 radical (unpaired) electrons. The first kappa shape index (κ1) is 18.1. The number of ether oxygens (including phenoxy) is 1. The fraction of sp³-hybridized carbons (Fsp3) is 0.318. The summed E-state index contributed by atoms with van der Waals surface area (Å²) in [7, 11) is 0. The van der Waals surface area contributed by atoms with Crippen LogP contribution in [-0.4, -0.2) is 17.1 Å². The molecule has 1 N–H and O–H groups in total. The van der Waals surface area contributed by atoms with Gasteiger partial charge in [0, 0.05) is 23.1 Å². The molecule has 4 nitrogen and oxygen atoms in total. The maximum atomic E-state index is 13.1. The molecular weight excluding hydrogens is 324 g/mol. The molecule has 0 spiro atoms. The van der Waals surface area contributed by atoms with E-state index < -0.39 is 0 Å². The van der Waals surface area contributed by atoms with Gasteiger partial charge in [-0.3, -0.25) is 4.79 Å². The molecule has 2 aromatic carbocycles. The predicted octanol–water partition coefficient (Wildman–Crippen LogP) is 5.24. The van der Waals surface area contributed by atoms with Crippen LogP contribution in [0.5, 0.6) is 5.75 Å². The summed E-state index contributed by atoms with van der Waals surface area (Å²) in [5, 5.41) is 4.15. The molecule has 3 rings (SSSR count). The van der Waals surface area contributed by atoms with E-state index in [0.29, 0.717) is 12.3 Å². The Morgan fingerprint density at radius 2 is 1.85 bits per heavy atom. The van der Waals surface area contributed by atoms with Crippen molar-refractivity contribution >= 4 is 22.5 Å². The number of nitrogens with zero attached hydrogens (tertiary/aromatic N) is 1. The molecule has 1 heterocycles. The largest absolute Gasteiger partial charge is 0.494 e. The molecule has 0 saturated heterocycles. The summed E-state index contributed by atoms with van der Waals surface area (Å²) < 4.78 is 7.70. The van der Waals surface area contributed by atoms with Crippen molar-refractivity contribution in [1.29, 1.82) is 0 Å². The lowest BCUT2D eigenvalue weighted by Crippen LogP contribution is -2.18. The minimum absolute atomic E-state index is 0.0767. The fourth-order valence-corrected chi connectivity index (χ4v) is 3.45. The van der Waals surface area contributed by atoms with Crippen LogP contribution < -0.4 is 10.1 Å². The quantitative estimate of drug-likeness (QED) is 0.684. The highest BCUT2D eigenvalue weighted by atomic mass is 16.5. The Morgan fingerprint density at radius 3 is 2.54 bits per heavy atom. The van der Waals surface area contributed by atoms with Gasteiger partial charge < -0.3 is 14.6 Å². The number of fused-ring (bicyclic) bond motifs is 1. The van der Waals surface area contributed by atoms with Crippen LogP contribution in [0.1, 0.15) is 41.0 Å². The van der Waals surface area contributed by atoms with Crippen LogP contribution in [0.15, 0.2) is 36.4 Å². The summed E-state index contributed by atoms with van der Waals surface area (Å²) in [6.45, 7) is 11.5. The number of anilines is 1. The minimum Gasteiger partial charge on any atom is -0.494 e. The molecule has 4 heteroatoms. The van der Waals surface area contributed by atoms with Gasteiger partial charge >= 0.3 is 0 Å². The lowest BCUT2D eigenvalue weighted by atomic mass is 10.1. The number of aryl methyl sites for hydroxylation is 3. The van der Waals surface area contributed by atoms with Crippen LogP contribution in [0.3, 0.4) is 0 Å². The topological polar surface area (TPSA) is 43.3 Å². The van der Waals surface area contributed by atoms with Gasteiger partial charge in [-0.25, -0.2) is 0 Å². The molecule has 0 unspecified atom stereocenters. The average molecular weight is 350 g/mol. The van der Waals surface area contributed by atoms with Crippen LogP contribution in [0.25, 0.3) is 10.9 Å². The highest BCUT2D eigenvalue weighted by Gasteiger charge is 2.20. The van der Waals surface area contributed by atoms with Crippen LogP contribution in [0.4, 0.5) is 5.69 Å². The van der Waals surface area contributed by atoms with Crippen molar-refractivity contribution in [2.75, 3.05) is 11.9 Å². The molecule has 0 fully saturated rings. The summed E-state index contributed by atoms with van der Waals surface area (Å²) in [4.78, 5) is 13.1. The number of carbonyl (C=O) groups is 1. The van der Waals surface area contributed by atoms with Crippen molar-refractivity contribution in [1.82, 2.24) is 4.57 Å². The number of aromatic nitrogens is 1. The smallest absolute Gasteiger partial charge is 0.272 e. The molecule has 26 heavy (non-hydrogen) atoms. The molecule has 1 amide bonds. The Morgan fingerprint density at radius 1 is 1.08 bits per heavy atom. The van der Waals surface area contributed by atoms with E-state index in [-0.39, 0.29) is 5.91 Å². The lowest BCUT2D eigenvalue weighted by Gasteiger charge is -2.13. The molecule has 136 valence electrons. The summed E-state index contributed by atoms with van der Waals surface area (Å²) in [6, 6.07) is 12.0. The predicted molar refractivity (Wildman–Crippen MR) is 107 cm³/mol. The number of nitrogens with one attached hydrogen (secondary N) is 1. The molecule has 0 atom stereocenters. The number of benzene rings is 2. The summed E-state index contributed by atoms with van der Waals surface area (Å²) >= 11 is 0. The Balaban J connectivity index is 2.07. The Hall–Kier alpha value is -2.75.